The van der Waals surface area contributed by atoms with Gasteiger partial charge in [0.2, 0.25) is 0 Å². The van der Waals surface area contributed by atoms with Crippen LogP contribution in [0.1, 0.15) is 39.1 Å². The number of esters is 1. The predicted octanol–water partition coefficient (Wildman–Crippen LogP) is 3.01. The topological polar surface area (TPSA) is 65.1 Å². The molecule has 0 radical (unpaired) electrons. The Morgan fingerprint density at radius 3 is 2.44 bits per heavy atom. The zero-order chi connectivity index (χ0) is 19.0. The Bertz CT molecular complexity index is 899. The summed E-state index contributed by atoms with van der Waals surface area (Å²) >= 11 is 0. The smallest absolute Gasteiger partial charge is 0.339 e. The number of nitrogens with zero attached hydrogens (tertiary/aromatic N) is 1. The minimum absolute atomic E-state index is 0.0663. The van der Waals surface area contributed by atoms with Crippen LogP contribution in [0.15, 0.2) is 42.5 Å². The second-order valence-electron chi connectivity index (χ2n) is 6.79. The maximum Gasteiger partial charge on any atom is 0.339 e. The lowest BCUT2D eigenvalue weighted by molar-refractivity contribution is -0.0389. The van der Waals surface area contributed by atoms with Gasteiger partial charge in [-0.05, 0) is 24.3 Å². The summed E-state index contributed by atoms with van der Waals surface area (Å²) in [7, 11) is 3.10. The van der Waals surface area contributed by atoms with Gasteiger partial charge >= 0.3 is 5.97 Å². The SMILES string of the molecule is COc1ccc(C(=O)N2CCC3(CC2)OC(=O)c2ccccc23)cc1OC. The molecular weight excluding hydrogens is 346 g/mol. The van der Waals surface area contributed by atoms with Crippen molar-refractivity contribution in [2.75, 3.05) is 27.3 Å². The van der Waals surface area contributed by atoms with Crippen molar-refractivity contribution >= 4 is 11.9 Å². The number of ether oxygens (including phenoxy) is 3. The summed E-state index contributed by atoms with van der Waals surface area (Å²) in [5.41, 5.74) is 1.51. The molecular formula is C21H21NO5. The molecule has 0 aliphatic carbocycles. The third-order valence-corrected chi connectivity index (χ3v) is 5.41. The minimum atomic E-state index is -0.609. The van der Waals surface area contributed by atoms with Crippen LogP contribution in [-0.2, 0) is 10.3 Å². The molecule has 4 rings (SSSR count). The Labute approximate surface area is 157 Å². The van der Waals surface area contributed by atoms with E-state index in [9.17, 15) is 9.59 Å². The number of benzene rings is 2. The summed E-state index contributed by atoms with van der Waals surface area (Å²) in [4.78, 5) is 26.9. The Morgan fingerprint density at radius 1 is 1.04 bits per heavy atom. The molecule has 0 bridgehead atoms. The summed E-state index contributed by atoms with van der Waals surface area (Å²) < 4.78 is 16.3. The first-order valence-electron chi connectivity index (χ1n) is 8.92. The van der Waals surface area contributed by atoms with E-state index in [4.69, 9.17) is 14.2 Å². The molecule has 2 aliphatic heterocycles. The van der Waals surface area contributed by atoms with Crippen LogP contribution in [0.25, 0.3) is 0 Å². The number of likely N-dealkylation sites (tertiary alicyclic amines) is 1. The van der Waals surface area contributed by atoms with Crippen molar-refractivity contribution in [1.29, 1.82) is 0 Å². The number of carbonyl (C=O) groups excluding carboxylic acids is 2. The minimum Gasteiger partial charge on any atom is -0.493 e. The molecule has 2 aromatic rings. The molecule has 2 aliphatic rings. The van der Waals surface area contributed by atoms with Gasteiger partial charge in [-0.2, -0.15) is 0 Å². The number of carbonyl (C=O) groups is 2. The molecule has 27 heavy (non-hydrogen) atoms. The largest absolute Gasteiger partial charge is 0.493 e. The van der Waals surface area contributed by atoms with Crippen molar-refractivity contribution in [2.45, 2.75) is 18.4 Å². The summed E-state index contributed by atoms with van der Waals surface area (Å²) in [5.74, 6) is 0.769. The van der Waals surface area contributed by atoms with Gasteiger partial charge in [0.05, 0.1) is 19.8 Å². The van der Waals surface area contributed by atoms with Crippen molar-refractivity contribution in [2.24, 2.45) is 0 Å². The molecule has 0 aromatic heterocycles. The first kappa shape index (κ1) is 17.4. The maximum absolute atomic E-state index is 12.9. The van der Waals surface area contributed by atoms with Crippen LogP contribution in [0, 0.1) is 0 Å². The number of piperidine rings is 1. The maximum atomic E-state index is 12.9. The molecule has 1 spiro atoms. The van der Waals surface area contributed by atoms with E-state index in [0.29, 0.717) is 48.6 Å². The van der Waals surface area contributed by atoms with Crippen LogP contribution >= 0.6 is 0 Å². The van der Waals surface area contributed by atoms with Crippen molar-refractivity contribution < 1.29 is 23.8 Å². The van der Waals surface area contributed by atoms with Gasteiger partial charge in [0.1, 0.15) is 5.60 Å². The highest BCUT2D eigenvalue weighted by Gasteiger charge is 2.47. The van der Waals surface area contributed by atoms with Crippen LogP contribution in [0.5, 0.6) is 11.5 Å². The van der Waals surface area contributed by atoms with Crippen molar-refractivity contribution in [3.8, 4) is 11.5 Å². The fraction of sp³-hybridized carbons (Fsp3) is 0.333. The van der Waals surface area contributed by atoms with Crippen LogP contribution < -0.4 is 9.47 Å². The average Bonchev–Trinajstić information content (AvgIpc) is 2.99. The number of amides is 1. The molecule has 2 heterocycles. The lowest BCUT2D eigenvalue weighted by Gasteiger charge is -2.38. The van der Waals surface area contributed by atoms with E-state index in [-0.39, 0.29) is 11.9 Å². The number of methoxy groups -OCH3 is 2. The second kappa shape index (κ2) is 6.61. The number of fused-ring (bicyclic) bond motifs is 2. The Kier molecular flexibility index (Phi) is 4.26. The van der Waals surface area contributed by atoms with Crippen LogP contribution in [0.2, 0.25) is 0 Å². The van der Waals surface area contributed by atoms with Crippen LogP contribution in [0.4, 0.5) is 0 Å². The van der Waals surface area contributed by atoms with Gasteiger partial charge in [-0.15, -0.1) is 0 Å². The molecule has 1 fully saturated rings. The van der Waals surface area contributed by atoms with E-state index in [1.807, 2.05) is 18.2 Å². The van der Waals surface area contributed by atoms with Gasteiger partial charge < -0.3 is 19.1 Å². The molecule has 6 nitrogen and oxygen atoms in total. The molecule has 140 valence electrons. The van der Waals surface area contributed by atoms with Gasteiger partial charge in [0, 0.05) is 37.1 Å². The fourth-order valence-electron chi connectivity index (χ4n) is 3.94. The molecule has 0 N–H and O–H groups in total. The first-order chi connectivity index (χ1) is 13.1. The van der Waals surface area contributed by atoms with Crippen LogP contribution in [-0.4, -0.2) is 44.1 Å². The number of hydrogen-bond donors (Lipinski definition) is 0. The summed E-state index contributed by atoms with van der Waals surface area (Å²) in [6.07, 6.45) is 1.18. The molecule has 1 amide bonds. The molecule has 2 aromatic carbocycles. The Morgan fingerprint density at radius 2 is 1.74 bits per heavy atom. The van der Waals surface area contributed by atoms with Gasteiger partial charge in [-0.1, -0.05) is 18.2 Å². The van der Waals surface area contributed by atoms with Crippen molar-refractivity contribution in [3.05, 3.63) is 59.2 Å². The standard InChI is InChI=1S/C21H21NO5/c1-25-17-8-7-14(13-18(17)26-2)19(23)22-11-9-21(10-12-22)16-6-4-3-5-15(16)20(24)27-21/h3-8,13H,9-12H2,1-2H3. The van der Waals surface area contributed by atoms with E-state index in [0.717, 1.165) is 5.56 Å². The fourth-order valence-corrected chi connectivity index (χ4v) is 3.94. The zero-order valence-corrected chi connectivity index (χ0v) is 15.4. The quantitative estimate of drug-likeness (QED) is 0.781. The lowest BCUT2D eigenvalue weighted by Crippen LogP contribution is -2.45. The zero-order valence-electron chi connectivity index (χ0n) is 15.4. The average molecular weight is 367 g/mol. The van der Waals surface area contributed by atoms with E-state index >= 15 is 0 Å². The molecule has 0 atom stereocenters. The van der Waals surface area contributed by atoms with Crippen molar-refractivity contribution in [1.82, 2.24) is 4.90 Å². The van der Waals surface area contributed by atoms with E-state index in [1.54, 1.807) is 43.4 Å². The first-order valence-corrected chi connectivity index (χ1v) is 8.92. The highest BCUT2D eigenvalue weighted by Crippen LogP contribution is 2.44. The predicted molar refractivity (Wildman–Crippen MR) is 98.2 cm³/mol. The van der Waals surface area contributed by atoms with Gasteiger partial charge in [-0.3, -0.25) is 4.79 Å². The van der Waals surface area contributed by atoms with Gasteiger partial charge in [0.15, 0.2) is 11.5 Å². The molecule has 6 heteroatoms. The van der Waals surface area contributed by atoms with E-state index in [1.165, 1.54) is 0 Å². The number of hydrogen-bond acceptors (Lipinski definition) is 5. The third kappa shape index (κ3) is 2.81. The Balaban J connectivity index is 1.52. The molecule has 0 unspecified atom stereocenters. The third-order valence-electron chi connectivity index (χ3n) is 5.41. The lowest BCUT2D eigenvalue weighted by atomic mass is 9.83. The van der Waals surface area contributed by atoms with Gasteiger partial charge in [-0.25, -0.2) is 4.79 Å². The van der Waals surface area contributed by atoms with E-state index < -0.39 is 5.60 Å². The monoisotopic (exact) mass is 367 g/mol. The van der Waals surface area contributed by atoms with E-state index in [2.05, 4.69) is 0 Å². The Hall–Kier alpha value is -3.02. The van der Waals surface area contributed by atoms with Crippen molar-refractivity contribution in [3.63, 3.8) is 0 Å². The highest BCUT2D eigenvalue weighted by atomic mass is 16.6. The summed E-state index contributed by atoms with van der Waals surface area (Å²) in [6, 6.07) is 12.7. The second-order valence-corrected chi connectivity index (χ2v) is 6.79. The summed E-state index contributed by atoms with van der Waals surface area (Å²) in [6.45, 7) is 1.05. The summed E-state index contributed by atoms with van der Waals surface area (Å²) in [5, 5.41) is 0. The normalized spacial score (nSPS) is 17.4. The van der Waals surface area contributed by atoms with Gasteiger partial charge in [0.25, 0.3) is 5.91 Å². The number of rotatable bonds is 3. The van der Waals surface area contributed by atoms with Crippen LogP contribution in [0.3, 0.4) is 0 Å². The molecule has 0 saturated carbocycles. The molecule has 1 saturated heterocycles. The highest BCUT2D eigenvalue weighted by molar-refractivity contribution is 5.96.